The molecule has 21 heavy (non-hydrogen) atoms. The third-order valence-electron chi connectivity index (χ3n) is 4.30. The number of nitrogens with zero attached hydrogens (tertiary/aromatic N) is 2. The summed E-state index contributed by atoms with van der Waals surface area (Å²) >= 11 is 0. The van der Waals surface area contributed by atoms with E-state index in [1.807, 2.05) is 25.1 Å². The molecule has 0 spiro atoms. The minimum absolute atomic E-state index is 0.119. The molecule has 5 heteroatoms. The van der Waals surface area contributed by atoms with Gasteiger partial charge >= 0.3 is 6.09 Å². The second-order valence-corrected chi connectivity index (χ2v) is 5.93. The van der Waals surface area contributed by atoms with Gasteiger partial charge in [0.25, 0.3) is 0 Å². The summed E-state index contributed by atoms with van der Waals surface area (Å²) in [5.74, 6) is 5.86. The van der Waals surface area contributed by atoms with Crippen LogP contribution in [0.1, 0.15) is 37.1 Å². The topological polar surface area (TPSA) is 73.7 Å². The van der Waals surface area contributed by atoms with Crippen LogP contribution in [-0.2, 0) is 0 Å². The van der Waals surface area contributed by atoms with Crippen molar-refractivity contribution in [2.24, 2.45) is 0 Å². The van der Waals surface area contributed by atoms with Crippen LogP contribution in [-0.4, -0.2) is 43.9 Å². The number of fused-ring (bicyclic) bond motifs is 2. The maximum absolute atomic E-state index is 11.2. The fourth-order valence-corrected chi connectivity index (χ4v) is 3.43. The second kappa shape index (κ2) is 5.05. The summed E-state index contributed by atoms with van der Waals surface area (Å²) in [5.41, 5.74) is 0.412. The maximum Gasteiger partial charge on any atom is 0.407 e. The predicted octanol–water partition coefficient (Wildman–Crippen LogP) is 1.78. The van der Waals surface area contributed by atoms with Crippen LogP contribution in [0, 0.1) is 18.8 Å². The third kappa shape index (κ3) is 2.72. The number of hydrogen-bond donors (Lipinski definition) is 2. The lowest BCUT2D eigenvalue weighted by atomic mass is 9.86. The van der Waals surface area contributed by atoms with Crippen LogP contribution >= 0.6 is 0 Å². The molecule has 1 aromatic rings. The van der Waals surface area contributed by atoms with E-state index in [1.165, 1.54) is 4.90 Å². The zero-order valence-electron chi connectivity index (χ0n) is 11.9. The highest BCUT2D eigenvalue weighted by molar-refractivity contribution is 5.67. The van der Waals surface area contributed by atoms with Gasteiger partial charge in [-0.15, -0.1) is 0 Å². The van der Waals surface area contributed by atoms with Gasteiger partial charge in [-0.1, -0.05) is 12.0 Å². The molecule has 0 aromatic carbocycles. The lowest BCUT2D eigenvalue weighted by Gasteiger charge is -2.39. The van der Waals surface area contributed by atoms with E-state index in [9.17, 15) is 15.0 Å². The number of carboxylic acid groups (broad SMARTS) is 1. The van der Waals surface area contributed by atoms with Crippen LogP contribution in [0.4, 0.5) is 4.79 Å². The number of rotatable bonds is 0. The molecule has 0 saturated carbocycles. The van der Waals surface area contributed by atoms with Gasteiger partial charge in [0, 0.05) is 30.6 Å². The molecule has 2 atom stereocenters. The van der Waals surface area contributed by atoms with E-state index in [1.54, 1.807) is 0 Å². The van der Waals surface area contributed by atoms with Crippen LogP contribution in [0.3, 0.4) is 0 Å². The van der Waals surface area contributed by atoms with Crippen LogP contribution in [0.5, 0.6) is 0 Å². The molecule has 2 bridgehead atoms. The number of aryl methyl sites for hydroxylation is 1. The van der Waals surface area contributed by atoms with Crippen LogP contribution in [0.25, 0.3) is 0 Å². The summed E-state index contributed by atoms with van der Waals surface area (Å²) in [6, 6.07) is 5.35. The van der Waals surface area contributed by atoms with E-state index in [-0.39, 0.29) is 12.1 Å². The van der Waals surface area contributed by atoms with Crippen molar-refractivity contribution >= 4 is 6.09 Å². The van der Waals surface area contributed by atoms with E-state index in [2.05, 4.69) is 16.8 Å². The molecule has 0 radical (unpaired) electrons. The number of aliphatic hydroxyl groups is 1. The van der Waals surface area contributed by atoms with Crippen molar-refractivity contribution in [2.75, 3.05) is 0 Å². The Hall–Kier alpha value is -2.06. The molecule has 2 unspecified atom stereocenters. The molecule has 2 fully saturated rings. The van der Waals surface area contributed by atoms with Gasteiger partial charge < -0.3 is 15.1 Å². The fraction of sp³-hybridized carbons (Fsp3) is 0.500. The SMILES string of the molecule is Cc1cccc(C#CC2(O)CC3CCC(C2)N3C(=O)O)n1. The number of piperidine rings is 1. The Morgan fingerprint density at radius 3 is 2.62 bits per heavy atom. The van der Waals surface area contributed by atoms with Crippen molar-refractivity contribution in [3.8, 4) is 11.8 Å². The smallest absolute Gasteiger partial charge is 0.407 e. The Kier molecular flexibility index (Phi) is 3.34. The van der Waals surface area contributed by atoms with Crippen LogP contribution in [0.15, 0.2) is 18.2 Å². The highest BCUT2D eigenvalue weighted by atomic mass is 16.4. The van der Waals surface area contributed by atoms with Crippen LogP contribution in [0.2, 0.25) is 0 Å². The summed E-state index contributed by atoms with van der Waals surface area (Å²) in [5, 5.41) is 19.9. The fourth-order valence-electron chi connectivity index (χ4n) is 3.43. The average molecular weight is 286 g/mol. The largest absolute Gasteiger partial charge is 0.465 e. The summed E-state index contributed by atoms with van der Waals surface area (Å²) in [6.07, 6.45) is 1.49. The van der Waals surface area contributed by atoms with E-state index in [0.717, 1.165) is 18.5 Å². The molecule has 0 aliphatic carbocycles. The van der Waals surface area contributed by atoms with Crippen molar-refractivity contribution in [3.63, 3.8) is 0 Å². The standard InChI is InChI=1S/C16H18N2O3/c1-11-3-2-4-12(17-11)7-8-16(21)9-13-5-6-14(10-16)18(13)15(19)20/h2-4,13-14,21H,5-6,9-10H2,1H3,(H,19,20). The van der Waals surface area contributed by atoms with E-state index in [4.69, 9.17) is 0 Å². The summed E-state index contributed by atoms with van der Waals surface area (Å²) in [6.45, 7) is 1.89. The van der Waals surface area contributed by atoms with Crippen LogP contribution < -0.4 is 0 Å². The highest BCUT2D eigenvalue weighted by Crippen LogP contribution is 2.40. The predicted molar refractivity (Wildman–Crippen MR) is 76.7 cm³/mol. The molecule has 1 aromatic heterocycles. The van der Waals surface area contributed by atoms with E-state index < -0.39 is 11.7 Å². The average Bonchev–Trinajstić information content (AvgIpc) is 2.71. The second-order valence-electron chi connectivity index (χ2n) is 5.93. The maximum atomic E-state index is 11.2. The molecule has 2 aliphatic rings. The van der Waals surface area contributed by atoms with Crippen molar-refractivity contribution in [1.82, 2.24) is 9.88 Å². The molecule has 2 aliphatic heterocycles. The molecular weight excluding hydrogens is 268 g/mol. The highest BCUT2D eigenvalue weighted by Gasteiger charge is 2.48. The molecular formula is C16H18N2O3. The minimum Gasteiger partial charge on any atom is -0.465 e. The summed E-state index contributed by atoms with van der Waals surface area (Å²) in [7, 11) is 0. The quantitative estimate of drug-likeness (QED) is 0.713. The van der Waals surface area contributed by atoms with Gasteiger partial charge in [-0.05, 0) is 37.8 Å². The van der Waals surface area contributed by atoms with Gasteiger partial charge in [0.15, 0.2) is 0 Å². The number of hydrogen-bond acceptors (Lipinski definition) is 3. The zero-order chi connectivity index (χ0) is 15.0. The van der Waals surface area contributed by atoms with Gasteiger partial charge in [-0.2, -0.15) is 0 Å². The van der Waals surface area contributed by atoms with E-state index in [0.29, 0.717) is 18.5 Å². The zero-order valence-corrected chi connectivity index (χ0v) is 11.9. The monoisotopic (exact) mass is 286 g/mol. The molecule has 110 valence electrons. The number of amides is 1. The summed E-state index contributed by atoms with van der Waals surface area (Å²) < 4.78 is 0. The Morgan fingerprint density at radius 2 is 2.05 bits per heavy atom. The van der Waals surface area contributed by atoms with Gasteiger partial charge in [0.05, 0.1) is 0 Å². The minimum atomic E-state index is -1.11. The first-order valence-electron chi connectivity index (χ1n) is 7.17. The molecule has 5 nitrogen and oxygen atoms in total. The van der Waals surface area contributed by atoms with Gasteiger partial charge in [-0.3, -0.25) is 0 Å². The lowest BCUT2D eigenvalue weighted by Crippen LogP contribution is -2.52. The normalized spacial score (nSPS) is 30.7. The molecule has 3 rings (SSSR count). The van der Waals surface area contributed by atoms with Crippen molar-refractivity contribution in [2.45, 2.75) is 50.3 Å². The van der Waals surface area contributed by atoms with E-state index >= 15 is 0 Å². The third-order valence-corrected chi connectivity index (χ3v) is 4.30. The molecule has 3 heterocycles. The van der Waals surface area contributed by atoms with Crippen molar-refractivity contribution in [1.29, 1.82) is 0 Å². The molecule has 2 N–H and O–H groups in total. The number of pyridine rings is 1. The Labute approximate surface area is 123 Å². The first-order chi connectivity index (χ1) is 9.97. The molecule has 2 saturated heterocycles. The Morgan fingerprint density at radius 1 is 1.38 bits per heavy atom. The van der Waals surface area contributed by atoms with Gasteiger partial charge in [-0.25, -0.2) is 9.78 Å². The summed E-state index contributed by atoms with van der Waals surface area (Å²) in [4.78, 5) is 17.0. The molecule has 1 amide bonds. The van der Waals surface area contributed by atoms with Crippen molar-refractivity contribution < 1.29 is 15.0 Å². The van der Waals surface area contributed by atoms with Gasteiger partial charge in [0.1, 0.15) is 11.3 Å². The van der Waals surface area contributed by atoms with Gasteiger partial charge in [0.2, 0.25) is 0 Å². The Balaban J connectivity index is 1.80. The first-order valence-corrected chi connectivity index (χ1v) is 7.17. The number of carbonyl (C=O) groups is 1. The number of aromatic nitrogens is 1. The Bertz CT molecular complexity index is 618. The lowest BCUT2D eigenvalue weighted by molar-refractivity contribution is -0.00379. The first kappa shape index (κ1) is 13.9. The van der Waals surface area contributed by atoms with Crippen molar-refractivity contribution in [3.05, 3.63) is 29.6 Å².